The molecule has 0 bridgehead atoms. The van der Waals surface area contributed by atoms with Gasteiger partial charge in [0.1, 0.15) is 11.2 Å². The van der Waals surface area contributed by atoms with E-state index in [0.717, 1.165) is 10.9 Å². The van der Waals surface area contributed by atoms with Gasteiger partial charge in [0, 0.05) is 17.8 Å². The molecule has 0 spiro atoms. The molecule has 108 valence electrons. The predicted molar refractivity (Wildman–Crippen MR) is 85.6 cm³/mol. The summed E-state index contributed by atoms with van der Waals surface area (Å²) in [6, 6.07) is 11.9. The van der Waals surface area contributed by atoms with Crippen LogP contribution in [0.25, 0.3) is 44.8 Å². The Bertz CT molecular complexity index is 1180. The van der Waals surface area contributed by atoms with Gasteiger partial charge in [0.25, 0.3) is 0 Å². The molecule has 0 radical (unpaired) electrons. The van der Waals surface area contributed by atoms with Gasteiger partial charge in [-0.2, -0.15) is 0 Å². The Morgan fingerprint density at radius 2 is 1.70 bits per heavy atom. The van der Waals surface area contributed by atoms with Crippen molar-refractivity contribution in [2.75, 3.05) is 0 Å². The Hall–Kier alpha value is -3.41. The maximum absolute atomic E-state index is 5.59. The highest BCUT2D eigenvalue weighted by Gasteiger charge is 2.13. The number of benzene rings is 1. The summed E-state index contributed by atoms with van der Waals surface area (Å²) >= 11 is 0. The van der Waals surface area contributed by atoms with Crippen molar-refractivity contribution in [1.82, 2.24) is 24.9 Å². The zero-order valence-electron chi connectivity index (χ0n) is 11.8. The molecule has 4 heterocycles. The average molecular weight is 299 g/mol. The molecule has 4 aromatic heterocycles. The molecule has 0 unspecified atom stereocenters. The number of nitrogens with zero attached hydrogens (tertiary/aromatic N) is 5. The van der Waals surface area contributed by atoms with E-state index in [4.69, 9.17) is 4.42 Å². The van der Waals surface area contributed by atoms with Crippen molar-refractivity contribution >= 4 is 33.2 Å². The summed E-state index contributed by atoms with van der Waals surface area (Å²) in [6.45, 7) is 0. The molecule has 5 aromatic rings. The Morgan fingerprint density at radius 1 is 0.783 bits per heavy atom. The van der Waals surface area contributed by atoms with E-state index in [1.54, 1.807) is 18.6 Å². The molecule has 0 aliphatic rings. The number of fused-ring (bicyclic) bond motifs is 4. The highest BCUT2D eigenvalue weighted by molar-refractivity contribution is 5.98. The minimum Gasteiger partial charge on any atom is -0.433 e. The van der Waals surface area contributed by atoms with Gasteiger partial charge in [-0.3, -0.25) is 0 Å². The van der Waals surface area contributed by atoms with E-state index >= 15 is 0 Å². The SMILES string of the molecule is c1ccc2nc(-c3ncc4oc5nccnc5c4n3)ccc2c1. The molecule has 0 fully saturated rings. The molecule has 0 saturated carbocycles. The molecule has 5 rings (SSSR count). The molecule has 23 heavy (non-hydrogen) atoms. The lowest BCUT2D eigenvalue weighted by atomic mass is 10.2. The van der Waals surface area contributed by atoms with Gasteiger partial charge in [-0.25, -0.2) is 24.9 Å². The number of hydrogen-bond donors (Lipinski definition) is 0. The zero-order chi connectivity index (χ0) is 15.2. The molecule has 0 N–H and O–H groups in total. The lowest BCUT2D eigenvalue weighted by Gasteiger charge is -2.01. The fourth-order valence-electron chi connectivity index (χ4n) is 2.60. The van der Waals surface area contributed by atoms with Crippen LogP contribution in [-0.2, 0) is 0 Å². The van der Waals surface area contributed by atoms with E-state index < -0.39 is 0 Å². The van der Waals surface area contributed by atoms with Gasteiger partial charge in [-0.1, -0.05) is 24.3 Å². The zero-order valence-corrected chi connectivity index (χ0v) is 11.8. The van der Waals surface area contributed by atoms with Crippen molar-refractivity contribution in [2.24, 2.45) is 0 Å². The van der Waals surface area contributed by atoms with Crippen molar-refractivity contribution in [3.63, 3.8) is 0 Å². The monoisotopic (exact) mass is 299 g/mol. The van der Waals surface area contributed by atoms with Gasteiger partial charge < -0.3 is 4.42 Å². The lowest BCUT2D eigenvalue weighted by molar-refractivity contribution is 0.650. The first kappa shape index (κ1) is 12.2. The minimum atomic E-state index is 0.459. The van der Waals surface area contributed by atoms with Gasteiger partial charge in [0.15, 0.2) is 16.9 Å². The van der Waals surface area contributed by atoms with Crippen LogP contribution in [0.2, 0.25) is 0 Å². The normalized spacial score (nSPS) is 11.5. The molecule has 0 aliphatic heterocycles. The second kappa shape index (κ2) is 4.54. The third-order valence-corrected chi connectivity index (χ3v) is 3.68. The first-order valence-corrected chi connectivity index (χ1v) is 7.11. The van der Waals surface area contributed by atoms with Gasteiger partial charge in [0.2, 0.25) is 5.71 Å². The summed E-state index contributed by atoms with van der Waals surface area (Å²) in [5.74, 6) is 0.539. The molecule has 0 amide bonds. The van der Waals surface area contributed by atoms with Gasteiger partial charge in [-0.05, 0) is 12.1 Å². The van der Waals surface area contributed by atoms with Crippen LogP contribution in [0.4, 0.5) is 0 Å². The highest BCUT2D eigenvalue weighted by Crippen LogP contribution is 2.25. The van der Waals surface area contributed by atoms with Gasteiger partial charge in [0.05, 0.1) is 11.7 Å². The minimum absolute atomic E-state index is 0.459. The second-order valence-corrected chi connectivity index (χ2v) is 5.11. The van der Waals surface area contributed by atoms with Crippen molar-refractivity contribution in [3.05, 3.63) is 55.0 Å². The Kier molecular flexibility index (Phi) is 2.40. The standard InChI is InChI=1S/C17H9N5O/c1-2-4-11-10(3-1)5-6-12(21-11)16-20-9-13-14(22-16)15-17(23-13)19-8-7-18-15/h1-9H. The van der Waals surface area contributed by atoms with E-state index in [1.807, 2.05) is 36.4 Å². The van der Waals surface area contributed by atoms with E-state index in [1.165, 1.54) is 0 Å². The topological polar surface area (TPSA) is 77.6 Å². The Labute approximate surface area is 129 Å². The summed E-state index contributed by atoms with van der Waals surface area (Å²) in [4.78, 5) is 22.0. The maximum Gasteiger partial charge on any atom is 0.248 e. The van der Waals surface area contributed by atoms with Crippen LogP contribution in [-0.4, -0.2) is 24.9 Å². The first-order valence-electron chi connectivity index (χ1n) is 7.11. The number of pyridine rings is 1. The van der Waals surface area contributed by atoms with Crippen LogP contribution in [0.15, 0.2) is 59.4 Å². The smallest absolute Gasteiger partial charge is 0.248 e. The number of rotatable bonds is 1. The maximum atomic E-state index is 5.59. The fourth-order valence-corrected chi connectivity index (χ4v) is 2.60. The van der Waals surface area contributed by atoms with E-state index in [0.29, 0.717) is 33.8 Å². The molecule has 0 aliphatic carbocycles. The highest BCUT2D eigenvalue weighted by atomic mass is 16.3. The van der Waals surface area contributed by atoms with E-state index in [2.05, 4.69) is 24.9 Å². The van der Waals surface area contributed by atoms with Crippen LogP contribution >= 0.6 is 0 Å². The Balaban J connectivity index is 1.76. The van der Waals surface area contributed by atoms with Crippen LogP contribution in [0, 0.1) is 0 Å². The van der Waals surface area contributed by atoms with E-state index in [9.17, 15) is 0 Å². The number of para-hydroxylation sites is 1. The Morgan fingerprint density at radius 3 is 2.70 bits per heavy atom. The molecular weight excluding hydrogens is 290 g/mol. The largest absolute Gasteiger partial charge is 0.433 e. The fraction of sp³-hybridized carbons (Fsp3) is 0. The molecule has 6 heteroatoms. The first-order chi connectivity index (χ1) is 11.4. The molecular formula is C17H9N5O. The second-order valence-electron chi connectivity index (χ2n) is 5.11. The summed E-state index contributed by atoms with van der Waals surface area (Å²) in [5.41, 5.74) is 3.92. The summed E-state index contributed by atoms with van der Waals surface area (Å²) in [6.07, 6.45) is 4.84. The number of hydrogen-bond acceptors (Lipinski definition) is 6. The van der Waals surface area contributed by atoms with Crippen molar-refractivity contribution in [3.8, 4) is 11.5 Å². The van der Waals surface area contributed by atoms with Crippen molar-refractivity contribution in [1.29, 1.82) is 0 Å². The number of aromatic nitrogens is 5. The predicted octanol–water partition coefficient (Wildman–Crippen LogP) is 3.38. The molecule has 0 saturated heterocycles. The van der Waals surface area contributed by atoms with Crippen molar-refractivity contribution < 1.29 is 4.42 Å². The van der Waals surface area contributed by atoms with Crippen LogP contribution in [0.1, 0.15) is 0 Å². The van der Waals surface area contributed by atoms with Gasteiger partial charge >= 0.3 is 0 Å². The average Bonchev–Trinajstić information content (AvgIpc) is 2.99. The van der Waals surface area contributed by atoms with Crippen LogP contribution < -0.4 is 0 Å². The molecule has 0 atom stereocenters. The summed E-state index contributed by atoms with van der Waals surface area (Å²) < 4.78 is 5.59. The quantitative estimate of drug-likeness (QED) is 0.472. The third-order valence-electron chi connectivity index (χ3n) is 3.68. The summed E-state index contributed by atoms with van der Waals surface area (Å²) in [5, 5.41) is 1.08. The number of furan rings is 1. The summed E-state index contributed by atoms with van der Waals surface area (Å²) in [7, 11) is 0. The molecule has 1 aromatic carbocycles. The van der Waals surface area contributed by atoms with Crippen LogP contribution in [0.5, 0.6) is 0 Å². The van der Waals surface area contributed by atoms with Crippen molar-refractivity contribution in [2.45, 2.75) is 0 Å². The van der Waals surface area contributed by atoms with Crippen LogP contribution in [0.3, 0.4) is 0 Å². The van der Waals surface area contributed by atoms with E-state index in [-0.39, 0.29) is 0 Å². The lowest BCUT2D eigenvalue weighted by Crippen LogP contribution is -1.92. The molecule has 6 nitrogen and oxygen atoms in total. The third kappa shape index (κ3) is 1.85. The van der Waals surface area contributed by atoms with Gasteiger partial charge in [-0.15, -0.1) is 0 Å².